The Kier molecular flexibility index (Phi) is 5.12. The SMILES string of the molecule is O=C1CO[C@H]2CCN(C(=O)N3CC(Oc4cccc(Br)c4Cl)C3)C[C@H]2C1. The van der Waals surface area contributed by atoms with E-state index in [2.05, 4.69) is 15.9 Å². The number of urea groups is 1. The second-order valence-electron chi connectivity index (χ2n) is 7.07. The van der Waals surface area contributed by atoms with Gasteiger partial charge in [-0.1, -0.05) is 17.7 Å². The van der Waals surface area contributed by atoms with E-state index in [9.17, 15) is 9.59 Å². The van der Waals surface area contributed by atoms with Crippen LogP contribution in [0.3, 0.4) is 0 Å². The van der Waals surface area contributed by atoms with Crippen LogP contribution in [0.5, 0.6) is 5.75 Å². The number of nitrogens with zero attached hydrogens (tertiary/aromatic N) is 2. The summed E-state index contributed by atoms with van der Waals surface area (Å²) in [5.74, 6) is 0.878. The van der Waals surface area contributed by atoms with Crippen LogP contribution in [0.25, 0.3) is 0 Å². The number of fused-ring (bicyclic) bond motifs is 1. The highest BCUT2D eigenvalue weighted by atomic mass is 79.9. The van der Waals surface area contributed by atoms with Crippen LogP contribution in [-0.4, -0.2) is 66.6 Å². The lowest BCUT2D eigenvalue weighted by atomic mass is 9.88. The predicted molar refractivity (Wildman–Crippen MR) is 99.6 cm³/mol. The van der Waals surface area contributed by atoms with Crippen molar-refractivity contribution in [3.8, 4) is 5.75 Å². The van der Waals surface area contributed by atoms with E-state index in [1.807, 2.05) is 23.1 Å². The maximum atomic E-state index is 12.7. The highest BCUT2D eigenvalue weighted by Gasteiger charge is 2.40. The van der Waals surface area contributed by atoms with Crippen molar-refractivity contribution in [3.05, 3.63) is 27.7 Å². The molecule has 0 aliphatic carbocycles. The van der Waals surface area contributed by atoms with Crippen LogP contribution in [0.4, 0.5) is 4.79 Å². The third-order valence-electron chi connectivity index (χ3n) is 5.21. The zero-order valence-electron chi connectivity index (χ0n) is 14.2. The molecule has 3 aliphatic heterocycles. The summed E-state index contributed by atoms with van der Waals surface area (Å²) in [7, 11) is 0. The minimum Gasteiger partial charge on any atom is -0.485 e. The van der Waals surface area contributed by atoms with Gasteiger partial charge in [0.1, 0.15) is 18.5 Å². The third kappa shape index (κ3) is 3.57. The Morgan fingerprint density at radius 3 is 2.88 bits per heavy atom. The van der Waals surface area contributed by atoms with E-state index in [0.29, 0.717) is 43.4 Å². The van der Waals surface area contributed by atoms with Gasteiger partial charge in [-0.25, -0.2) is 4.79 Å². The number of carbonyl (C=O) groups is 2. The van der Waals surface area contributed by atoms with Gasteiger partial charge in [0, 0.05) is 29.9 Å². The summed E-state index contributed by atoms with van der Waals surface area (Å²) in [4.78, 5) is 27.9. The van der Waals surface area contributed by atoms with Gasteiger partial charge in [0.2, 0.25) is 0 Å². The summed E-state index contributed by atoms with van der Waals surface area (Å²) in [6.45, 7) is 2.57. The second kappa shape index (κ2) is 7.37. The van der Waals surface area contributed by atoms with E-state index in [-0.39, 0.29) is 36.5 Å². The number of carbonyl (C=O) groups excluding carboxylic acids is 2. The lowest BCUT2D eigenvalue weighted by Gasteiger charge is -2.45. The maximum Gasteiger partial charge on any atom is 0.320 e. The Bertz CT molecular complexity index is 725. The summed E-state index contributed by atoms with van der Waals surface area (Å²) < 4.78 is 12.3. The second-order valence-corrected chi connectivity index (χ2v) is 8.30. The summed E-state index contributed by atoms with van der Waals surface area (Å²) in [5.41, 5.74) is 0. The normalized spacial score (nSPS) is 26.3. The standard InChI is InChI=1S/C18H20BrClN2O4/c19-14-2-1-3-16(17(14)20)26-13-8-22(9-13)18(24)21-5-4-15-11(7-21)6-12(23)10-25-15/h1-3,11,13,15H,4-10H2/t11-,15+/m1/s1. The first-order valence-corrected chi connectivity index (χ1v) is 9.96. The molecule has 2 atom stereocenters. The van der Waals surface area contributed by atoms with Crippen molar-refractivity contribution in [3.63, 3.8) is 0 Å². The minimum atomic E-state index is -0.0529. The summed E-state index contributed by atoms with van der Waals surface area (Å²) in [6.07, 6.45) is 1.37. The largest absolute Gasteiger partial charge is 0.485 e. The number of benzene rings is 1. The zero-order valence-corrected chi connectivity index (χ0v) is 16.5. The summed E-state index contributed by atoms with van der Waals surface area (Å²) in [6, 6.07) is 5.56. The van der Waals surface area contributed by atoms with E-state index in [1.165, 1.54) is 0 Å². The number of halogens is 2. The van der Waals surface area contributed by atoms with E-state index >= 15 is 0 Å². The zero-order chi connectivity index (χ0) is 18.3. The summed E-state index contributed by atoms with van der Waals surface area (Å²) >= 11 is 9.59. The predicted octanol–water partition coefficient (Wildman–Crippen LogP) is 2.97. The van der Waals surface area contributed by atoms with Crippen molar-refractivity contribution in [1.29, 1.82) is 0 Å². The Morgan fingerprint density at radius 1 is 1.27 bits per heavy atom. The van der Waals surface area contributed by atoms with E-state index in [1.54, 1.807) is 4.90 Å². The molecule has 3 heterocycles. The number of amides is 2. The molecule has 0 spiro atoms. The van der Waals surface area contributed by atoms with Gasteiger partial charge in [-0.3, -0.25) is 4.79 Å². The molecule has 140 valence electrons. The number of ketones is 1. The average Bonchev–Trinajstić information content (AvgIpc) is 2.60. The first-order valence-electron chi connectivity index (χ1n) is 8.79. The third-order valence-corrected chi connectivity index (χ3v) is 6.49. The molecule has 1 aromatic carbocycles. The van der Waals surface area contributed by atoms with Crippen molar-refractivity contribution in [1.82, 2.24) is 9.80 Å². The molecule has 1 aromatic rings. The van der Waals surface area contributed by atoms with Gasteiger partial charge in [0.15, 0.2) is 5.78 Å². The molecular formula is C18H20BrClN2O4. The molecular weight excluding hydrogens is 424 g/mol. The number of hydrogen-bond acceptors (Lipinski definition) is 4. The molecule has 0 unspecified atom stereocenters. The highest BCUT2D eigenvalue weighted by molar-refractivity contribution is 9.10. The lowest BCUT2D eigenvalue weighted by molar-refractivity contribution is -0.140. The van der Waals surface area contributed by atoms with Crippen molar-refractivity contribution < 1.29 is 19.1 Å². The molecule has 3 fully saturated rings. The average molecular weight is 444 g/mol. The number of hydrogen-bond donors (Lipinski definition) is 0. The van der Waals surface area contributed by atoms with Gasteiger partial charge in [-0.05, 0) is 34.5 Å². The molecule has 26 heavy (non-hydrogen) atoms. The quantitative estimate of drug-likeness (QED) is 0.705. The molecule has 6 nitrogen and oxygen atoms in total. The summed E-state index contributed by atoms with van der Waals surface area (Å²) in [5, 5.41) is 0.543. The molecule has 8 heteroatoms. The van der Waals surface area contributed by atoms with Crippen LogP contribution in [0, 0.1) is 5.92 Å². The van der Waals surface area contributed by atoms with Crippen LogP contribution in [0.15, 0.2) is 22.7 Å². The Morgan fingerprint density at radius 2 is 2.08 bits per heavy atom. The van der Waals surface area contributed by atoms with Crippen molar-refractivity contribution in [2.24, 2.45) is 5.92 Å². The van der Waals surface area contributed by atoms with Gasteiger partial charge in [0.25, 0.3) is 0 Å². The molecule has 4 rings (SSSR count). The fraction of sp³-hybridized carbons (Fsp3) is 0.556. The molecule has 0 aromatic heterocycles. The molecule has 0 N–H and O–H groups in total. The molecule has 0 saturated carbocycles. The van der Waals surface area contributed by atoms with Crippen molar-refractivity contribution in [2.75, 3.05) is 32.8 Å². The monoisotopic (exact) mass is 442 g/mol. The fourth-order valence-corrected chi connectivity index (χ4v) is 4.29. The molecule has 0 radical (unpaired) electrons. The van der Waals surface area contributed by atoms with Gasteiger partial charge >= 0.3 is 6.03 Å². The maximum absolute atomic E-state index is 12.7. The lowest BCUT2D eigenvalue weighted by Crippen LogP contribution is -2.61. The molecule has 2 amide bonds. The van der Waals surface area contributed by atoms with Gasteiger partial charge < -0.3 is 19.3 Å². The smallest absolute Gasteiger partial charge is 0.320 e. The van der Waals surface area contributed by atoms with E-state index in [0.717, 1.165) is 10.9 Å². The Hall–Kier alpha value is -1.31. The Balaban J connectivity index is 1.29. The number of rotatable bonds is 2. The topological polar surface area (TPSA) is 59.1 Å². The van der Waals surface area contributed by atoms with E-state index < -0.39 is 0 Å². The van der Waals surface area contributed by atoms with Crippen molar-refractivity contribution >= 4 is 39.3 Å². The van der Waals surface area contributed by atoms with Crippen LogP contribution in [0.1, 0.15) is 12.8 Å². The van der Waals surface area contributed by atoms with Gasteiger partial charge in [0.05, 0.1) is 24.2 Å². The van der Waals surface area contributed by atoms with Crippen LogP contribution < -0.4 is 4.74 Å². The molecule has 0 bridgehead atoms. The highest BCUT2D eigenvalue weighted by Crippen LogP contribution is 2.34. The van der Waals surface area contributed by atoms with Gasteiger partial charge in [-0.2, -0.15) is 0 Å². The number of Topliss-reactive ketones (excluding diaryl/α,β-unsaturated/α-hetero) is 1. The number of ether oxygens (including phenoxy) is 2. The van der Waals surface area contributed by atoms with E-state index in [4.69, 9.17) is 21.1 Å². The van der Waals surface area contributed by atoms with Gasteiger partial charge in [-0.15, -0.1) is 0 Å². The van der Waals surface area contributed by atoms with Crippen LogP contribution in [-0.2, 0) is 9.53 Å². The molecule has 3 aliphatic rings. The first-order chi connectivity index (χ1) is 12.5. The van der Waals surface area contributed by atoms with Crippen molar-refractivity contribution in [2.45, 2.75) is 25.0 Å². The first kappa shape index (κ1) is 18.1. The number of piperidine rings is 1. The number of likely N-dealkylation sites (tertiary alicyclic amines) is 2. The molecule has 3 saturated heterocycles. The van der Waals surface area contributed by atoms with Crippen LogP contribution in [0.2, 0.25) is 5.02 Å². The van der Waals surface area contributed by atoms with Crippen LogP contribution >= 0.6 is 27.5 Å². The minimum absolute atomic E-state index is 0.0154. The fourth-order valence-electron chi connectivity index (χ4n) is 3.77. The Labute approximate surface area is 165 Å².